The molecule has 0 bridgehead atoms. The van der Waals surface area contributed by atoms with Gasteiger partial charge in [-0.15, -0.1) is 0 Å². The van der Waals surface area contributed by atoms with E-state index in [4.69, 9.17) is 0 Å². The van der Waals surface area contributed by atoms with E-state index in [1.807, 2.05) is 30.6 Å². The predicted molar refractivity (Wildman–Crippen MR) is 66.4 cm³/mol. The molecule has 0 fully saturated rings. The van der Waals surface area contributed by atoms with Gasteiger partial charge in [-0.25, -0.2) is 9.19 Å². The summed E-state index contributed by atoms with van der Waals surface area (Å²) in [6.45, 7) is 0. The van der Waals surface area contributed by atoms with Gasteiger partial charge in [0.25, 0.3) is 0 Å². The van der Waals surface area contributed by atoms with Gasteiger partial charge in [0, 0.05) is 23.3 Å². The normalized spacial score (nSPS) is 12.8. The molecule has 0 spiro atoms. The summed E-state index contributed by atoms with van der Waals surface area (Å²) >= 11 is 4.02. The Bertz CT molecular complexity index is 488. The first kappa shape index (κ1) is 13.6. The smallest absolute Gasteiger partial charge is 0.166 e. The second kappa shape index (κ2) is 6.95. The number of H-pyrrole nitrogens is 1. The lowest BCUT2D eigenvalue weighted by molar-refractivity contribution is -0.377. The van der Waals surface area contributed by atoms with Crippen molar-refractivity contribution in [3.05, 3.63) is 60.9 Å². The first-order valence-electron chi connectivity index (χ1n) is 4.69. The average molecular weight is 269 g/mol. The van der Waals surface area contributed by atoms with E-state index in [2.05, 4.69) is 20.4 Å². The van der Waals surface area contributed by atoms with Crippen molar-refractivity contribution in [1.82, 2.24) is 0 Å². The van der Waals surface area contributed by atoms with E-state index in [1.54, 1.807) is 18.2 Å². The molecule has 1 atom stereocenters. The van der Waals surface area contributed by atoms with Crippen LogP contribution in [0.15, 0.2) is 60.9 Å². The predicted octanol–water partition coefficient (Wildman–Crippen LogP) is 1.36. The molecule has 0 radical (unpaired) electrons. The zero-order valence-electron chi connectivity index (χ0n) is 8.81. The number of para-hydroxylation sites is 1. The molecular weight excluding hydrogens is 258 g/mol. The molecule has 17 heavy (non-hydrogen) atoms. The monoisotopic (exact) mass is 269 g/mol. The topological polar surface area (TPSA) is 63.5 Å². The molecule has 0 saturated heterocycles. The van der Waals surface area contributed by atoms with Gasteiger partial charge < -0.3 is 8.74 Å². The molecule has 2 rings (SSSR count). The lowest BCUT2D eigenvalue weighted by atomic mass is 10.3. The van der Waals surface area contributed by atoms with Crippen molar-refractivity contribution in [1.29, 1.82) is 0 Å². The van der Waals surface area contributed by atoms with Crippen LogP contribution in [0.1, 0.15) is 0 Å². The fraction of sp³-hybridized carbons (Fsp3) is 0. The van der Waals surface area contributed by atoms with E-state index in [1.165, 1.54) is 12.1 Å². The Morgan fingerprint density at radius 2 is 1.59 bits per heavy atom. The summed E-state index contributed by atoms with van der Waals surface area (Å²) in [7, 11) is -3.79. The minimum atomic E-state index is -3.79. The van der Waals surface area contributed by atoms with E-state index < -0.39 is 9.05 Å². The van der Waals surface area contributed by atoms with Crippen LogP contribution < -0.4 is 9.17 Å². The molecule has 0 aliphatic carbocycles. The second-order valence-corrected chi connectivity index (χ2v) is 5.09. The lowest BCUT2D eigenvalue weighted by Gasteiger charge is -2.11. The van der Waals surface area contributed by atoms with Gasteiger partial charge in [-0.1, -0.05) is 24.3 Å². The Labute approximate surface area is 105 Å². The third-order valence-electron chi connectivity index (χ3n) is 1.55. The Morgan fingerprint density at radius 1 is 1.06 bits per heavy atom. The van der Waals surface area contributed by atoms with Crippen molar-refractivity contribution in [2.45, 2.75) is 0 Å². The number of aromatic amines is 1. The number of hydrogen-bond donors (Lipinski definition) is 0. The number of hydrogen-bond acceptors (Lipinski definition) is 4. The molecule has 90 valence electrons. The highest BCUT2D eigenvalue weighted by Gasteiger charge is 1.91. The first-order valence-corrected chi connectivity index (χ1v) is 7.03. The fourth-order valence-electron chi connectivity index (χ4n) is 0.936. The first-order chi connectivity index (χ1) is 8.08. The molecular formula is C11H11NO3S2. The second-order valence-electron chi connectivity index (χ2n) is 2.88. The van der Waals surface area contributed by atoms with E-state index in [9.17, 15) is 8.76 Å². The maximum absolute atomic E-state index is 10.4. The lowest BCUT2D eigenvalue weighted by Crippen LogP contribution is -2.04. The molecule has 4 nitrogen and oxygen atoms in total. The van der Waals surface area contributed by atoms with Gasteiger partial charge in [0.05, 0.1) is 0 Å². The Balaban J connectivity index is 0.000000202. The van der Waals surface area contributed by atoms with Crippen molar-refractivity contribution in [2.75, 3.05) is 0 Å². The summed E-state index contributed by atoms with van der Waals surface area (Å²) in [5.74, 6) is 0.238. The van der Waals surface area contributed by atoms with E-state index in [-0.39, 0.29) is 5.75 Å². The van der Waals surface area contributed by atoms with Crippen LogP contribution in [0.4, 0.5) is 0 Å². The number of aromatic nitrogens is 1. The summed E-state index contributed by atoms with van der Waals surface area (Å²) in [4.78, 5) is 2.89. The number of nitrogens with one attached hydrogen (secondary N) is 1. The van der Waals surface area contributed by atoms with Crippen LogP contribution in [-0.4, -0.2) is 8.76 Å². The van der Waals surface area contributed by atoms with Crippen LogP contribution >= 0.6 is 0 Å². The SMILES string of the molecule is O=S([O-])(=S)Oc1ccccc1.c1cc[nH+]cc1. The number of benzene rings is 1. The van der Waals surface area contributed by atoms with Crippen molar-refractivity contribution < 1.29 is 17.9 Å². The van der Waals surface area contributed by atoms with Gasteiger partial charge in [-0.05, 0) is 12.1 Å². The van der Waals surface area contributed by atoms with Gasteiger partial charge in [-0.3, -0.25) is 0 Å². The van der Waals surface area contributed by atoms with E-state index in [0.29, 0.717) is 0 Å². The zero-order valence-corrected chi connectivity index (χ0v) is 10.4. The molecule has 0 amide bonds. The fourth-order valence-corrected chi connectivity index (χ4v) is 1.52. The third-order valence-corrected chi connectivity index (χ3v) is 2.15. The van der Waals surface area contributed by atoms with Gasteiger partial charge >= 0.3 is 0 Å². The van der Waals surface area contributed by atoms with Crippen molar-refractivity contribution in [3.63, 3.8) is 0 Å². The highest BCUT2D eigenvalue weighted by Crippen LogP contribution is 2.09. The standard InChI is InChI=1S/C6H6O3S2.C5H5N/c7-11(8,10)9-6-4-2-1-3-5-6;1-2-4-6-5-3-1/h1-5H,(H,7,8,10);1-5H. The van der Waals surface area contributed by atoms with Gasteiger partial charge in [0.1, 0.15) is 14.8 Å². The summed E-state index contributed by atoms with van der Waals surface area (Å²) < 4.78 is 25.2. The summed E-state index contributed by atoms with van der Waals surface area (Å²) in [6.07, 6.45) is 3.75. The Hall–Kier alpha value is -1.50. The largest absolute Gasteiger partial charge is 0.739 e. The maximum atomic E-state index is 10.4. The molecule has 6 heteroatoms. The summed E-state index contributed by atoms with van der Waals surface area (Å²) in [5, 5.41) is 0. The molecule has 0 saturated carbocycles. The van der Waals surface area contributed by atoms with Crippen LogP contribution in [0.3, 0.4) is 0 Å². The highest BCUT2D eigenvalue weighted by atomic mass is 32.9. The Morgan fingerprint density at radius 3 is 1.94 bits per heavy atom. The van der Waals surface area contributed by atoms with Crippen molar-refractivity contribution in [2.24, 2.45) is 0 Å². The summed E-state index contributed by atoms with van der Waals surface area (Å²) in [5.41, 5.74) is 0. The molecule has 0 aliphatic heterocycles. The minimum Gasteiger partial charge on any atom is -0.739 e. The number of pyridine rings is 1. The highest BCUT2D eigenvalue weighted by molar-refractivity contribution is 8.27. The molecule has 2 aromatic rings. The molecule has 1 N–H and O–H groups in total. The number of rotatable bonds is 2. The van der Waals surface area contributed by atoms with Gasteiger partial charge in [0.2, 0.25) is 0 Å². The molecule has 1 aromatic heterocycles. The van der Waals surface area contributed by atoms with Gasteiger partial charge in [-0.2, -0.15) is 0 Å². The van der Waals surface area contributed by atoms with Crippen LogP contribution in [-0.2, 0) is 20.2 Å². The van der Waals surface area contributed by atoms with Crippen LogP contribution in [0.2, 0.25) is 0 Å². The van der Waals surface area contributed by atoms with E-state index in [0.717, 1.165) is 0 Å². The Kier molecular flexibility index (Phi) is 5.55. The molecule has 1 heterocycles. The van der Waals surface area contributed by atoms with Crippen LogP contribution in [0, 0.1) is 0 Å². The quantitative estimate of drug-likeness (QED) is 0.825. The van der Waals surface area contributed by atoms with Crippen molar-refractivity contribution >= 4 is 20.2 Å². The summed E-state index contributed by atoms with van der Waals surface area (Å²) in [6, 6.07) is 14.0. The minimum absolute atomic E-state index is 0.238. The third kappa shape index (κ3) is 7.40. The van der Waals surface area contributed by atoms with E-state index >= 15 is 0 Å². The molecule has 0 aliphatic rings. The van der Waals surface area contributed by atoms with Crippen LogP contribution in [0.25, 0.3) is 0 Å². The zero-order chi connectivity index (χ0) is 12.6. The average Bonchev–Trinajstić information content (AvgIpc) is 2.31. The van der Waals surface area contributed by atoms with Crippen molar-refractivity contribution in [3.8, 4) is 5.75 Å². The maximum Gasteiger partial charge on any atom is 0.166 e. The van der Waals surface area contributed by atoms with Gasteiger partial charge in [0.15, 0.2) is 12.4 Å². The molecule has 1 aromatic carbocycles. The van der Waals surface area contributed by atoms with Crippen LogP contribution in [0.5, 0.6) is 5.75 Å². The molecule has 1 unspecified atom stereocenters.